The van der Waals surface area contributed by atoms with Gasteiger partial charge in [-0.25, -0.2) is 4.98 Å². The van der Waals surface area contributed by atoms with Gasteiger partial charge in [-0.05, 0) is 46.5 Å². The van der Waals surface area contributed by atoms with Crippen molar-refractivity contribution in [2.45, 2.75) is 84.6 Å². The number of anilines is 1. The monoisotopic (exact) mass is 398 g/mol. The van der Waals surface area contributed by atoms with Crippen LogP contribution in [0.15, 0.2) is 4.42 Å². The number of fused-ring (bicyclic) bond motifs is 1. The first-order valence-corrected chi connectivity index (χ1v) is 11.3. The van der Waals surface area contributed by atoms with Crippen LogP contribution < -0.4 is 10.2 Å². The zero-order valence-corrected chi connectivity index (χ0v) is 18.1. The highest BCUT2D eigenvalue weighted by atomic mass is 16.3. The van der Waals surface area contributed by atoms with E-state index < -0.39 is 0 Å². The minimum absolute atomic E-state index is 0.113. The van der Waals surface area contributed by atoms with Gasteiger partial charge in [-0.3, -0.25) is 4.79 Å². The van der Waals surface area contributed by atoms with Crippen LogP contribution in [0.4, 0.5) is 5.82 Å². The van der Waals surface area contributed by atoms with Gasteiger partial charge in [0.05, 0.1) is 5.39 Å². The Morgan fingerprint density at radius 2 is 1.62 bits per heavy atom. The number of nitrogens with one attached hydrogen (secondary N) is 1. The van der Waals surface area contributed by atoms with E-state index in [9.17, 15) is 4.79 Å². The van der Waals surface area contributed by atoms with Crippen LogP contribution in [0.3, 0.4) is 0 Å². The summed E-state index contributed by atoms with van der Waals surface area (Å²) in [5.74, 6) is 2.96. The molecule has 2 aliphatic rings. The molecule has 0 spiro atoms. The first-order valence-electron chi connectivity index (χ1n) is 11.3. The molecule has 4 rings (SSSR count). The fraction of sp³-hybridized carbons (Fsp3) is 0.696. The summed E-state index contributed by atoms with van der Waals surface area (Å²) in [5, 5.41) is 4.38. The second-order valence-corrected chi connectivity index (χ2v) is 8.87. The molecule has 29 heavy (non-hydrogen) atoms. The van der Waals surface area contributed by atoms with Gasteiger partial charge in [-0.1, -0.05) is 32.1 Å². The van der Waals surface area contributed by atoms with Crippen molar-refractivity contribution >= 4 is 22.8 Å². The lowest BCUT2D eigenvalue weighted by atomic mass is 9.93. The fourth-order valence-electron chi connectivity index (χ4n) is 4.83. The molecule has 1 amide bonds. The lowest BCUT2D eigenvalue weighted by Crippen LogP contribution is -2.44. The van der Waals surface area contributed by atoms with Crippen molar-refractivity contribution in [3.05, 3.63) is 17.1 Å². The summed E-state index contributed by atoms with van der Waals surface area (Å²) in [4.78, 5) is 24.4. The summed E-state index contributed by atoms with van der Waals surface area (Å²) >= 11 is 0. The van der Waals surface area contributed by atoms with Gasteiger partial charge >= 0.3 is 0 Å². The van der Waals surface area contributed by atoms with E-state index in [0.29, 0.717) is 11.8 Å². The van der Waals surface area contributed by atoms with Gasteiger partial charge < -0.3 is 14.6 Å². The summed E-state index contributed by atoms with van der Waals surface area (Å²) in [7, 11) is 0. The number of amides is 1. The summed E-state index contributed by atoms with van der Waals surface area (Å²) in [6.07, 6.45) is 10.5. The molecule has 0 unspecified atom stereocenters. The van der Waals surface area contributed by atoms with Gasteiger partial charge in [0.2, 0.25) is 11.6 Å². The Labute approximate surface area is 173 Å². The highest BCUT2D eigenvalue weighted by Crippen LogP contribution is 2.33. The average Bonchev–Trinajstić information content (AvgIpc) is 2.97. The number of rotatable bonds is 3. The van der Waals surface area contributed by atoms with Gasteiger partial charge in [0.25, 0.3) is 0 Å². The molecular weight excluding hydrogens is 364 g/mol. The van der Waals surface area contributed by atoms with Crippen LogP contribution in [-0.2, 0) is 4.79 Å². The normalized spacial score (nSPS) is 19.9. The molecule has 6 heteroatoms. The van der Waals surface area contributed by atoms with Gasteiger partial charge in [0.15, 0.2) is 0 Å². The maximum atomic E-state index is 12.9. The van der Waals surface area contributed by atoms with Crippen molar-refractivity contribution in [2.24, 2.45) is 5.92 Å². The smallest absolute Gasteiger partial charge is 0.231 e. The molecule has 158 valence electrons. The van der Waals surface area contributed by atoms with Crippen LogP contribution >= 0.6 is 0 Å². The van der Waals surface area contributed by atoms with Gasteiger partial charge in [-0.15, -0.1) is 0 Å². The van der Waals surface area contributed by atoms with E-state index in [2.05, 4.69) is 22.1 Å². The quantitative estimate of drug-likeness (QED) is 0.818. The Balaban J connectivity index is 1.40. The molecule has 1 saturated carbocycles. The maximum Gasteiger partial charge on any atom is 0.231 e. The van der Waals surface area contributed by atoms with Crippen LogP contribution in [0.1, 0.15) is 74.9 Å². The van der Waals surface area contributed by atoms with Crippen molar-refractivity contribution in [3.8, 4) is 0 Å². The van der Waals surface area contributed by atoms with Crippen LogP contribution in [-0.4, -0.2) is 35.0 Å². The maximum absolute atomic E-state index is 12.9. The third-order valence-electron chi connectivity index (χ3n) is 6.74. The lowest BCUT2D eigenvalue weighted by Gasteiger charge is -2.33. The van der Waals surface area contributed by atoms with Crippen LogP contribution in [0.5, 0.6) is 0 Å². The molecule has 6 nitrogen and oxygen atoms in total. The molecule has 1 N–H and O–H groups in total. The topological polar surface area (TPSA) is 71.3 Å². The summed E-state index contributed by atoms with van der Waals surface area (Å²) < 4.78 is 5.83. The summed E-state index contributed by atoms with van der Waals surface area (Å²) in [5.41, 5.74) is 1.78. The number of carbonyl (C=O) groups excluding carboxylic acids is 1. The minimum Gasteiger partial charge on any atom is -0.443 e. The molecule has 3 heterocycles. The van der Waals surface area contributed by atoms with Crippen molar-refractivity contribution in [1.82, 2.24) is 15.3 Å². The second kappa shape index (κ2) is 8.72. The summed E-state index contributed by atoms with van der Waals surface area (Å²) in [6.45, 7) is 7.64. The van der Waals surface area contributed by atoms with Crippen molar-refractivity contribution < 1.29 is 9.21 Å². The Kier molecular flexibility index (Phi) is 6.07. The molecule has 2 aromatic rings. The Morgan fingerprint density at radius 1 is 0.966 bits per heavy atom. The molecule has 0 aromatic carbocycles. The van der Waals surface area contributed by atoms with E-state index >= 15 is 0 Å². The first kappa shape index (κ1) is 20.2. The Hall–Kier alpha value is -2.11. The fourth-order valence-corrected chi connectivity index (χ4v) is 4.83. The number of furan rings is 1. The summed E-state index contributed by atoms with van der Waals surface area (Å²) in [6, 6.07) is 0.376. The predicted molar refractivity (Wildman–Crippen MR) is 115 cm³/mol. The van der Waals surface area contributed by atoms with Gasteiger partial charge in [-0.2, -0.15) is 4.98 Å². The van der Waals surface area contributed by atoms with Gasteiger partial charge in [0.1, 0.15) is 17.4 Å². The van der Waals surface area contributed by atoms with Crippen molar-refractivity contribution in [3.63, 3.8) is 0 Å². The van der Waals surface area contributed by atoms with Crippen LogP contribution in [0, 0.1) is 26.7 Å². The zero-order valence-electron chi connectivity index (χ0n) is 18.1. The average molecular weight is 399 g/mol. The van der Waals surface area contributed by atoms with Crippen LogP contribution in [0.25, 0.3) is 11.1 Å². The molecule has 0 radical (unpaired) electrons. The Morgan fingerprint density at radius 3 is 2.31 bits per heavy atom. The number of carbonyl (C=O) groups is 1. The number of nitrogens with zero attached hydrogens (tertiary/aromatic N) is 3. The molecule has 0 bridgehead atoms. The molecule has 1 saturated heterocycles. The zero-order chi connectivity index (χ0) is 20.4. The van der Waals surface area contributed by atoms with Crippen molar-refractivity contribution in [1.29, 1.82) is 0 Å². The van der Waals surface area contributed by atoms with E-state index in [0.717, 1.165) is 67.1 Å². The largest absolute Gasteiger partial charge is 0.443 e. The minimum atomic E-state index is 0.113. The third kappa shape index (κ3) is 4.41. The van der Waals surface area contributed by atoms with E-state index in [4.69, 9.17) is 9.40 Å². The SMILES string of the molecule is Cc1nc(N2CCC(C(=O)NC3CCCCCCC3)CC2)c2c(C)c(C)oc2n1. The Bertz CT molecular complexity index is 859. The van der Waals surface area contributed by atoms with E-state index in [1.54, 1.807) is 0 Å². The highest BCUT2D eigenvalue weighted by Gasteiger charge is 2.29. The number of hydrogen-bond donors (Lipinski definition) is 1. The number of aromatic nitrogens is 2. The molecule has 0 atom stereocenters. The molecule has 2 fully saturated rings. The van der Waals surface area contributed by atoms with Crippen LogP contribution in [0.2, 0.25) is 0 Å². The van der Waals surface area contributed by atoms with E-state index in [-0.39, 0.29) is 11.8 Å². The highest BCUT2D eigenvalue weighted by molar-refractivity contribution is 5.90. The van der Waals surface area contributed by atoms with E-state index in [1.165, 1.54) is 32.1 Å². The second-order valence-electron chi connectivity index (χ2n) is 8.87. The molecular formula is C23H34N4O2. The predicted octanol–water partition coefficient (Wildman–Crippen LogP) is 4.59. The molecule has 2 aromatic heterocycles. The lowest BCUT2D eigenvalue weighted by molar-refractivity contribution is -0.126. The van der Waals surface area contributed by atoms with E-state index in [1.807, 2.05) is 13.8 Å². The molecule has 1 aliphatic heterocycles. The standard InChI is InChI=1S/C23H34N4O2/c1-15-16(2)29-23-20(15)21(24-17(3)25-23)27-13-11-18(12-14-27)22(28)26-19-9-7-5-4-6-8-10-19/h18-19H,4-14H2,1-3H3,(H,26,28). The van der Waals surface area contributed by atoms with Gasteiger partial charge in [0, 0.05) is 30.6 Å². The number of aryl methyl sites for hydroxylation is 3. The van der Waals surface area contributed by atoms with Crippen molar-refractivity contribution in [2.75, 3.05) is 18.0 Å². The first-order chi connectivity index (χ1) is 14.0. The number of hydrogen-bond acceptors (Lipinski definition) is 5. The number of piperidine rings is 1. The third-order valence-corrected chi connectivity index (χ3v) is 6.74. The molecule has 1 aliphatic carbocycles.